The first-order valence-electron chi connectivity index (χ1n) is 8.58. The number of hydrogen-bond acceptors (Lipinski definition) is 6. The van der Waals surface area contributed by atoms with E-state index in [4.69, 9.17) is 9.47 Å². The first-order valence-corrected chi connectivity index (χ1v) is 8.58. The van der Waals surface area contributed by atoms with Crippen LogP contribution in [0.15, 0.2) is 35.1 Å². The molecule has 2 aromatic carbocycles. The number of fused-ring (bicyclic) bond motifs is 3. The highest BCUT2D eigenvalue weighted by Gasteiger charge is 2.44. The van der Waals surface area contributed by atoms with E-state index in [1.54, 1.807) is 18.2 Å². The molecule has 9 heteroatoms. The minimum atomic E-state index is -3.75. The van der Waals surface area contributed by atoms with Crippen molar-refractivity contribution in [1.82, 2.24) is 9.55 Å². The van der Waals surface area contributed by atoms with Crippen molar-refractivity contribution in [2.75, 3.05) is 6.79 Å². The Bertz CT molecular complexity index is 1190. The normalized spacial score (nSPS) is 16.2. The summed E-state index contributed by atoms with van der Waals surface area (Å²) in [4.78, 5) is 16.9. The summed E-state index contributed by atoms with van der Waals surface area (Å²) in [6.45, 7) is 3.72. The topological polar surface area (TPSA) is 71.8 Å². The predicted octanol–water partition coefficient (Wildman–Crippen LogP) is 3.69. The van der Waals surface area contributed by atoms with Crippen molar-refractivity contribution in [1.29, 1.82) is 0 Å². The maximum atomic E-state index is 13.5. The number of hydrogen-bond donors (Lipinski definition) is 0. The molecule has 0 bridgehead atoms. The van der Waals surface area contributed by atoms with Gasteiger partial charge in [-0.25, -0.2) is 4.79 Å². The highest BCUT2D eigenvalue weighted by Crippen LogP contribution is 2.45. The lowest BCUT2D eigenvalue weighted by Crippen LogP contribution is -2.26. The molecule has 0 amide bonds. The van der Waals surface area contributed by atoms with E-state index in [1.807, 2.05) is 13.8 Å². The Morgan fingerprint density at radius 3 is 2.50 bits per heavy atom. The second-order valence-corrected chi connectivity index (χ2v) is 6.76. The molecule has 0 saturated carbocycles. The molecule has 0 saturated heterocycles. The molecule has 0 atom stereocenters. The second-order valence-electron chi connectivity index (χ2n) is 6.76. The fourth-order valence-corrected chi connectivity index (χ4v) is 3.45. The summed E-state index contributed by atoms with van der Waals surface area (Å²) in [6, 6.07) is 7.69. The highest BCUT2D eigenvalue weighted by atomic mass is 19.3. The predicted molar refractivity (Wildman–Crippen MR) is 94.2 cm³/mol. The van der Waals surface area contributed by atoms with Crippen LogP contribution in [-0.2, 0) is 0 Å². The van der Waals surface area contributed by atoms with Crippen LogP contribution in [-0.4, -0.2) is 22.6 Å². The quantitative estimate of drug-likeness (QED) is 0.667. The molecule has 144 valence electrons. The molecule has 5 rings (SSSR count). The highest BCUT2D eigenvalue weighted by molar-refractivity contribution is 5.95. The number of rotatable bonds is 2. The maximum absolute atomic E-state index is 13.5. The SMILES string of the molecule is CC(C)n1c(=O)nc(-c2ccc3c(c2)OCO3)c2cc3c(cc21)OC(F)(F)O3. The standard InChI is InChI=1S/C19H14F2N2O5/c1-9(2)23-12-7-16-15(27-19(20,21)28-16)6-11(12)17(22-18(23)24)10-3-4-13-14(5-10)26-8-25-13/h3-7,9H,8H2,1-2H3. The van der Waals surface area contributed by atoms with Gasteiger partial charge in [-0.3, -0.25) is 4.57 Å². The van der Waals surface area contributed by atoms with Crippen molar-refractivity contribution in [2.24, 2.45) is 0 Å². The average molecular weight is 388 g/mol. The molecule has 7 nitrogen and oxygen atoms in total. The molecule has 0 radical (unpaired) electrons. The van der Waals surface area contributed by atoms with Crippen molar-refractivity contribution in [3.63, 3.8) is 0 Å². The van der Waals surface area contributed by atoms with Gasteiger partial charge in [-0.15, -0.1) is 8.78 Å². The zero-order valence-electron chi connectivity index (χ0n) is 14.9. The molecule has 0 unspecified atom stereocenters. The van der Waals surface area contributed by atoms with Gasteiger partial charge in [0.05, 0.1) is 11.2 Å². The van der Waals surface area contributed by atoms with E-state index in [0.717, 1.165) is 0 Å². The first kappa shape index (κ1) is 16.8. The molecule has 28 heavy (non-hydrogen) atoms. The first-order chi connectivity index (χ1) is 13.3. The van der Waals surface area contributed by atoms with Crippen LogP contribution in [0.25, 0.3) is 22.2 Å². The van der Waals surface area contributed by atoms with Crippen LogP contribution in [0.5, 0.6) is 23.0 Å². The van der Waals surface area contributed by atoms with E-state index in [0.29, 0.717) is 33.7 Å². The molecule has 0 spiro atoms. The number of alkyl halides is 2. The molecule has 2 aliphatic heterocycles. The Morgan fingerprint density at radius 2 is 1.75 bits per heavy atom. The Hall–Kier alpha value is -3.36. The third-order valence-electron chi connectivity index (χ3n) is 4.61. The second kappa shape index (κ2) is 5.57. The van der Waals surface area contributed by atoms with Gasteiger partial charge in [0.2, 0.25) is 6.79 Å². The molecule has 2 aliphatic rings. The summed E-state index contributed by atoms with van der Waals surface area (Å²) in [5.74, 6) is 0.859. The molecule has 3 aromatic rings. The zero-order chi connectivity index (χ0) is 19.6. The maximum Gasteiger partial charge on any atom is 0.586 e. The lowest BCUT2D eigenvalue weighted by Gasteiger charge is -2.16. The van der Waals surface area contributed by atoms with E-state index >= 15 is 0 Å². The third kappa shape index (κ3) is 2.46. The van der Waals surface area contributed by atoms with E-state index in [1.165, 1.54) is 16.7 Å². The summed E-state index contributed by atoms with van der Waals surface area (Å²) < 4.78 is 48.3. The Morgan fingerprint density at radius 1 is 1.04 bits per heavy atom. The van der Waals surface area contributed by atoms with Crippen LogP contribution in [0, 0.1) is 0 Å². The van der Waals surface area contributed by atoms with Gasteiger partial charge in [0.1, 0.15) is 0 Å². The van der Waals surface area contributed by atoms with Crippen molar-refractivity contribution >= 4 is 10.9 Å². The summed E-state index contributed by atoms with van der Waals surface area (Å²) in [7, 11) is 0. The minimum Gasteiger partial charge on any atom is -0.454 e. The van der Waals surface area contributed by atoms with Crippen molar-refractivity contribution in [3.05, 3.63) is 40.8 Å². The Labute approximate surface area is 157 Å². The van der Waals surface area contributed by atoms with Gasteiger partial charge in [-0.1, -0.05) is 0 Å². The molecule has 0 aliphatic carbocycles. The van der Waals surface area contributed by atoms with Crippen LogP contribution < -0.4 is 24.6 Å². The summed E-state index contributed by atoms with van der Waals surface area (Å²) >= 11 is 0. The van der Waals surface area contributed by atoms with Gasteiger partial charge in [-0.05, 0) is 38.1 Å². The molecular formula is C19H14F2N2O5. The van der Waals surface area contributed by atoms with Gasteiger partial charge in [-0.2, -0.15) is 4.98 Å². The van der Waals surface area contributed by atoms with Crippen LogP contribution in [0.2, 0.25) is 0 Å². The molecule has 0 fully saturated rings. The molecule has 0 N–H and O–H groups in total. The van der Waals surface area contributed by atoms with Gasteiger partial charge >= 0.3 is 12.0 Å². The van der Waals surface area contributed by atoms with Crippen LogP contribution in [0.4, 0.5) is 8.78 Å². The average Bonchev–Trinajstić information content (AvgIpc) is 3.20. The Kier molecular flexibility index (Phi) is 3.34. The van der Waals surface area contributed by atoms with Crippen LogP contribution >= 0.6 is 0 Å². The van der Waals surface area contributed by atoms with Gasteiger partial charge in [0, 0.05) is 23.1 Å². The molecular weight excluding hydrogens is 374 g/mol. The number of aromatic nitrogens is 2. The summed E-state index contributed by atoms with van der Waals surface area (Å²) in [5.41, 5.74) is 0.841. The molecule has 1 aromatic heterocycles. The number of benzene rings is 2. The zero-order valence-corrected chi connectivity index (χ0v) is 14.9. The lowest BCUT2D eigenvalue weighted by molar-refractivity contribution is -0.286. The largest absolute Gasteiger partial charge is 0.586 e. The van der Waals surface area contributed by atoms with Gasteiger partial charge in [0.25, 0.3) is 0 Å². The number of nitrogens with zero attached hydrogens (tertiary/aromatic N) is 2. The minimum absolute atomic E-state index is 0.107. The van der Waals surface area contributed by atoms with Crippen molar-refractivity contribution < 1.29 is 27.7 Å². The number of ether oxygens (including phenoxy) is 4. The van der Waals surface area contributed by atoms with Gasteiger partial charge < -0.3 is 18.9 Å². The van der Waals surface area contributed by atoms with E-state index in [9.17, 15) is 13.6 Å². The monoisotopic (exact) mass is 388 g/mol. The van der Waals surface area contributed by atoms with E-state index < -0.39 is 12.0 Å². The van der Waals surface area contributed by atoms with E-state index in [2.05, 4.69) is 14.5 Å². The van der Waals surface area contributed by atoms with Crippen LogP contribution in [0.1, 0.15) is 19.9 Å². The van der Waals surface area contributed by atoms with E-state index in [-0.39, 0.29) is 24.3 Å². The molecule has 3 heterocycles. The number of halogens is 2. The lowest BCUT2D eigenvalue weighted by atomic mass is 10.0. The van der Waals surface area contributed by atoms with Crippen molar-refractivity contribution in [2.45, 2.75) is 26.2 Å². The third-order valence-corrected chi connectivity index (χ3v) is 4.61. The van der Waals surface area contributed by atoms with Crippen LogP contribution in [0.3, 0.4) is 0 Å². The van der Waals surface area contributed by atoms with Crippen molar-refractivity contribution in [3.8, 4) is 34.3 Å². The summed E-state index contributed by atoms with van der Waals surface area (Å²) in [5, 5.41) is 0.479. The fourth-order valence-electron chi connectivity index (χ4n) is 3.45. The summed E-state index contributed by atoms with van der Waals surface area (Å²) in [6.07, 6.45) is -3.75. The Balaban J connectivity index is 1.81. The van der Waals surface area contributed by atoms with Gasteiger partial charge in [0.15, 0.2) is 23.0 Å². The fraction of sp³-hybridized carbons (Fsp3) is 0.263. The smallest absolute Gasteiger partial charge is 0.454 e.